The fraction of sp³-hybridized carbons (Fsp3) is 0.280. The van der Waals surface area contributed by atoms with Crippen LogP contribution >= 0.6 is 0 Å². The van der Waals surface area contributed by atoms with Crippen LogP contribution < -0.4 is 4.74 Å². The van der Waals surface area contributed by atoms with Crippen LogP contribution in [-0.4, -0.2) is 37.5 Å². The Balaban J connectivity index is 1.68. The van der Waals surface area contributed by atoms with Gasteiger partial charge >= 0.3 is 15.4 Å². The van der Waals surface area contributed by atoms with Gasteiger partial charge < -0.3 is 14.2 Å². The van der Waals surface area contributed by atoms with Crippen LogP contribution in [0.4, 0.5) is 17.6 Å². The number of hydrogen-bond acceptors (Lipinski definition) is 5. The Morgan fingerprint density at radius 2 is 1.41 bits per heavy atom. The lowest BCUT2D eigenvalue weighted by molar-refractivity contribution is -0.149. The van der Waals surface area contributed by atoms with Crippen molar-refractivity contribution in [3.05, 3.63) is 83.9 Å². The average molecular weight is 560 g/mol. The first kappa shape index (κ1) is 27.4. The Kier molecular flexibility index (Phi) is 7.59. The van der Waals surface area contributed by atoms with Gasteiger partial charge in [0.25, 0.3) is 0 Å². The number of rotatable bonds is 8. The summed E-state index contributed by atoms with van der Waals surface area (Å²) in [5.41, 5.74) is 0.764. The van der Waals surface area contributed by atoms with Crippen molar-refractivity contribution in [3.8, 4) is 5.75 Å². The van der Waals surface area contributed by atoms with E-state index in [0.717, 1.165) is 18.6 Å². The molecule has 1 heterocycles. The molecule has 1 aliphatic rings. The van der Waals surface area contributed by atoms with Crippen LogP contribution in [0.15, 0.2) is 81.4 Å². The molecule has 12 heteroatoms. The van der Waals surface area contributed by atoms with Crippen LogP contribution in [0, 0.1) is 11.6 Å². The normalized spacial score (nSPS) is 17.4. The summed E-state index contributed by atoms with van der Waals surface area (Å²) < 4.78 is 103. The van der Waals surface area contributed by atoms with E-state index in [-0.39, 0.29) is 5.75 Å². The number of halogens is 4. The van der Waals surface area contributed by atoms with Gasteiger partial charge in [-0.25, -0.2) is 8.78 Å². The van der Waals surface area contributed by atoms with E-state index in [4.69, 9.17) is 18.8 Å². The monoisotopic (exact) mass is 559 g/mol. The Labute approximate surface area is 214 Å². The third kappa shape index (κ3) is 5.78. The molecule has 1 N–H and O–H groups in total. The lowest BCUT2D eigenvalue weighted by Crippen LogP contribution is -2.42. The number of hydrogen-bond donors (Lipinski definition) is 1. The molecule has 0 amide bonds. The summed E-state index contributed by atoms with van der Waals surface area (Å²) in [5.74, 6) is -2.51. The largest absolute Gasteiger partial charge is 0.483 e. The van der Waals surface area contributed by atoms with Crippen molar-refractivity contribution in [1.29, 1.82) is 0 Å². The molecule has 37 heavy (non-hydrogen) atoms. The molecular formula is C25H23F4O6S2+. The molecule has 6 nitrogen and oxygen atoms in total. The van der Waals surface area contributed by atoms with Crippen LogP contribution in [-0.2, 0) is 36.3 Å². The minimum absolute atomic E-state index is 0.0904. The van der Waals surface area contributed by atoms with Gasteiger partial charge in [-0.3, -0.25) is 4.55 Å². The highest BCUT2D eigenvalue weighted by atomic mass is 32.2. The van der Waals surface area contributed by atoms with E-state index in [1.54, 1.807) is 31.2 Å². The van der Waals surface area contributed by atoms with E-state index in [0.29, 0.717) is 27.9 Å². The molecule has 0 saturated carbocycles. The topological polar surface area (TPSA) is 82.1 Å². The van der Waals surface area contributed by atoms with Crippen LogP contribution in [0.2, 0.25) is 0 Å². The van der Waals surface area contributed by atoms with Gasteiger partial charge in [0.05, 0.1) is 24.1 Å². The molecular weight excluding hydrogens is 536 g/mol. The van der Waals surface area contributed by atoms with E-state index < -0.39 is 49.8 Å². The zero-order valence-corrected chi connectivity index (χ0v) is 21.3. The van der Waals surface area contributed by atoms with Crippen molar-refractivity contribution >= 4 is 21.0 Å². The van der Waals surface area contributed by atoms with Gasteiger partial charge in [-0.2, -0.15) is 17.2 Å². The summed E-state index contributed by atoms with van der Waals surface area (Å²) >= 11 is 0. The van der Waals surface area contributed by atoms with Crippen molar-refractivity contribution in [2.24, 2.45) is 0 Å². The molecule has 0 aliphatic carbocycles. The zero-order chi connectivity index (χ0) is 27.0. The van der Waals surface area contributed by atoms with E-state index >= 15 is 0 Å². The van der Waals surface area contributed by atoms with Crippen LogP contribution in [0.1, 0.15) is 19.4 Å². The Hall–Kier alpha value is -2.64. The van der Waals surface area contributed by atoms with Crippen molar-refractivity contribution in [2.75, 3.05) is 13.2 Å². The molecule has 1 fully saturated rings. The molecule has 1 saturated heterocycles. The number of ether oxygens (including phenoxy) is 3. The standard InChI is InChI=1S/C25H22F4O6S2/c1-16(25(28,29)37(30,31)32)35-20-5-9-22(10-6-20)36(23-14-18(26)13-19(27)15-23)21-7-3-17(4-8-21)24(2)33-11-12-34-24/h3-10,13-16H,11-12H2,1-2H3/p+1. The Morgan fingerprint density at radius 3 is 1.89 bits per heavy atom. The molecule has 3 aromatic carbocycles. The van der Waals surface area contributed by atoms with Crippen LogP contribution in [0.5, 0.6) is 5.75 Å². The lowest BCUT2D eigenvalue weighted by Gasteiger charge is -2.22. The van der Waals surface area contributed by atoms with E-state index in [2.05, 4.69) is 0 Å². The first-order valence-electron chi connectivity index (χ1n) is 11.0. The average Bonchev–Trinajstić information content (AvgIpc) is 3.27. The van der Waals surface area contributed by atoms with Gasteiger partial charge in [-0.05, 0) is 62.4 Å². The summed E-state index contributed by atoms with van der Waals surface area (Å²) in [7, 11) is -6.70. The van der Waals surface area contributed by atoms with Crippen molar-refractivity contribution < 1.29 is 44.7 Å². The van der Waals surface area contributed by atoms with Crippen molar-refractivity contribution in [3.63, 3.8) is 0 Å². The predicted octanol–water partition coefficient (Wildman–Crippen LogP) is 5.53. The molecule has 1 aliphatic heterocycles. The second-order valence-corrected chi connectivity index (χ2v) is 11.9. The molecule has 0 spiro atoms. The molecule has 0 bridgehead atoms. The zero-order valence-electron chi connectivity index (χ0n) is 19.7. The second kappa shape index (κ2) is 10.3. The molecule has 2 atom stereocenters. The third-order valence-corrected chi connectivity index (χ3v) is 8.93. The first-order chi connectivity index (χ1) is 17.3. The molecule has 0 aromatic heterocycles. The van der Waals surface area contributed by atoms with Gasteiger partial charge in [0.1, 0.15) is 17.4 Å². The van der Waals surface area contributed by atoms with E-state index in [1.165, 1.54) is 36.4 Å². The number of alkyl halides is 2. The second-order valence-electron chi connectivity index (χ2n) is 8.35. The van der Waals surface area contributed by atoms with Gasteiger partial charge in [0, 0.05) is 23.8 Å². The van der Waals surface area contributed by atoms with Gasteiger partial charge in [-0.15, -0.1) is 0 Å². The maximum absolute atomic E-state index is 14.1. The summed E-state index contributed by atoms with van der Waals surface area (Å²) in [5, 5.41) is -4.53. The minimum Gasteiger partial charge on any atom is -0.483 e. The lowest BCUT2D eigenvalue weighted by atomic mass is 10.1. The van der Waals surface area contributed by atoms with Gasteiger partial charge in [-0.1, -0.05) is 0 Å². The maximum atomic E-state index is 14.1. The molecule has 2 unspecified atom stereocenters. The molecule has 3 aromatic rings. The third-order valence-electron chi connectivity index (χ3n) is 5.71. The Bertz CT molecular complexity index is 1340. The summed E-state index contributed by atoms with van der Waals surface area (Å²) in [4.78, 5) is 1.62. The smallest absolute Gasteiger partial charge is 0.405 e. The maximum Gasteiger partial charge on any atom is 0.405 e. The highest BCUT2D eigenvalue weighted by Crippen LogP contribution is 2.36. The molecule has 4 rings (SSSR count). The first-order valence-corrected chi connectivity index (χ1v) is 13.7. The quantitative estimate of drug-likeness (QED) is 0.222. The SMILES string of the molecule is CC(Oc1ccc([S+](c2ccc(C3(C)OCCO3)cc2)c2cc(F)cc(F)c2)cc1)C(F)(F)S(=O)(=O)O. The van der Waals surface area contributed by atoms with Gasteiger partial charge in [0.15, 0.2) is 26.6 Å². The highest BCUT2D eigenvalue weighted by molar-refractivity contribution is 7.97. The highest BCUT2D eigenvalue weighted by Gasteiger charge is 2.51. The Morgan fingerprint density at radius 1 is 0.919 bits per heavy atom. The minimum atomic E-state index is -5.68. The van der Waals surface area contributed by atoms with Crippen molar-refractivity contribution in [1.82, 2.24) is 0 Å². The molecule has 198 valence electrons. The van der Waals surface area contributed by atoms with Crippen LogP contribution in [0.25, 0.3) is 0 Å². The van der Waals surface area contributed by atoms with E-state index in [1.807, 2.05) is 0 Å². The predicted molar refractivity (Wildman–Crippen MR) is 127 cm³/mol. The van der Waals surface area contributed by atoms with Gasteiger partial charge in [0.2, 0.25) is 0 Å². The summed E-state index contributed by atoms with van der Waals surface area (Å²) in [6.07, 6.45) is -2.18. The van der Waals surface area contributed by atoms with E-state index in [9.17, 15) is 26.0 Å². The summed E-state index contributed by atoms with van der Waals surface area (Å²) in [6, 6.07) is 16.1. The van der Waals surface area contributed by atoms with Crippen molar-refractivity contribution in [2.45, 2.75) is 45.7 Å². The fourth-order valence-corrected chi connectivity index (χ4v) is 6.33. The summed E-state index contributed by atoms with van der Waals surface area (Å²) in [6.45, 7) is 3.51. The number of benzene rings is 3. The molecule has 0 radical (unpaired) electrons. The fourth-order valence-electron chi connectivity index (χ4n) is 3.77. The van der Waals surface area contributed by atoms with Crippen LogP contribution in [0.3, 0.4) is 0 Å².